The summed E-state index contributed by atoms with van der Waals surface area (Å²) in [7, 11) is -2.59. The first-order valence-corrected chi connectivity index (χ1v) is 11.3. The summed E-state index contributed by atoms with van der Waals surface area (Å²) in [5.74, 6) is 0. The van der Waals surface area contributed by atoms with E-state index >= 15 is 0 Å². The smallest absolute Gasteiger partial charge is 0.303 e. The van der Waals surface area contributed by atoms with Crippen LogP contribution in [0.25, 0.3) is 0 Å². The third-order valence-corrected chi connectivity index (χ3v) is 5.11. The largest absolute Gasteiger partial charge is 0.471 e. The zero-order valence-electron chi connectivity index (χ0n) is 15.9. The minimum Gasteiger partial charge on any atom is -0.303 e. The quantitative estimate of drug-likeness (QED) is 0.166. The second-order valence-corrected chi connectivity index (χ2v) is 7.98. The van der Waals surface area contributed by atoms with Gasteiger partial charge in [0.2, 0.25) is 0 Å². The van der Waals surface area contributed by atoms with Crippen molar-refractivity contribution in [2.75, 3.05) is 13.7 Å². The van der Waals surface area contributed by atoms with Gasteiger partial charge in [0.05, 0.1) is 6.61 Å². The van der Waals surface area contributed by atoms with Gasteiger partial charge in [-0.3, -0.25) is 9.05 Å². The van der Waals surface area contributed by atoms with Gasteiger partial charge in [-0.05, 0) is 32.1 Å². The minimum atomic E-state index is -3.77. The normalized spacial score (nSPS) is 14.3. The second kappa shape index (κ2) is 17.7. The Balaban J connectivity index is 3.17. The highest BCUT2D eigenvalue weighted by molar-refractivity contribution is 7.47. The second-order valence-electron chi connectivity index (χ2n) is 6.42. The number of allylic oxidation sites excluding steroid dienone is 2. The molecule has 0 heterocycles. The van der Waals surface area contributed by atoms with Crippen LogP contribution in [-0.4, -0.2) is 18.6 Å². The third-order valence-electron chi connectivity index (χ3n) is 4.14. The maximum atomic E-state index is 11.0. The molecule has 0 aromatic carbocycles. The van der Waals surface area contributed by atoms with Crippen LogP contribution in [0.2, 0.25) is 0 Å². The number of phosphoric ester groups is 1. The molecule has 1 unspecified atom stereocenters. The Kier molecular flexibility index (Phi) is 17.6. The Hall–Kier alpha value is -0.150. The predicted octanol–water partition coefficient (Wildman–Crippen LogP) is 6.79. The molecule has 0 aliphatic heterocycles. The fourth-order valence-corrected chi connectivity index (χ4v) is 3.05. The average molecular weight is 362 g/mol. The van der Waals surface area contributed by atoms with E-state index < -0.39 is 7.82 Å². The maximum absolute atomic E-state index is 11.0. The summed E-state index contributed by atoms with van der Waals surface area (Å²) in [5.41, 5.74) is 0. The Labute approximate surface area is 149 Å². The maximum Gasteiger partial charge on any atom is 0.471 e. The summed E-state index contributed by atoms with van der Waals surface area (Å²) in [6.45, 7) is 2.55. The molecule has 0 rings (SSSR count). The van der Waals surface area contributed by atoms with E-state index in [-0.39, 0.29) is 0 Å². The van der Waals surface area contributed by atoms with Crippen LogP contribution in [0, 0.1) is 0 Å². The van der Waals surface area contributed by atoms with E-state index in [0.29, 0.717) is 6.61 Å². The summed E-state index contributed by atoms with van der Waals surface area (Å²) < 4.78 is 20.2. The van der Waals surface area contributed by atoms with Crippen molar-refractivity contribution in [1.29, 1.82) is 0 Å². The molecule has 0 radical (unpaired) electrons. The van der Waals surface area contributed by atoms with Crippen molar-refractivity contribution in [3.05, 3.63) is 12.2 Å². The molecule has 24 heavy (non-hydrogen) atoms. The lowest BCUT2D eigenvalue weighted by atomic mass is 10.1. The van der Waals surface area contributed by atoms with Crippen molar-refractivity contribution in [1.82, 2.24) is 0 Å². The zero-order valence-corrected chi connectivity index (χ0v) is 16.8. The lowest BCUT2D eigenvalue weighted by Crippen LogP contribution is -1.94. The first-order chi connectivity index (χ1) is 11.6. The highest BCUT2D eigenvalue weighted by Crippen LogP contribution is 2.41. The molecular formula is C19H39O4P. The Morgan fingerprint density at radius 3 is 1.75 bits per heavy atom. The van der Waals surface area contributed by atoms with Crippen molar-refractivity contribution >= 4 is 7.82 Å². The van der Waals surface area contributed by atoms with Crippen molar-refractivity contribution in [3.8, 4) is 0 Å². The van der Waals surface area contributed by atoms with E-state index in [1.165, 1.54) is 77.7 Å². The molecular weight excluding hydrogens is 323 g/mol. The van der Waals surface area contributed by atoms with Gasteiger partial charge in [-0.15, -0.1) is 0 Å². The molecule has 0 saturated carbocycles. The molecule has 1 N–H and O–H groups in total. The molecule has 0 aromatic heterocycles. The van der Waals surface area contributed by atoms with Gasteiger partial charge in [0.25, 0.3) is 0 Å². The monoisotopic (exact) mass is 362 g/mol. The Morgan fingerprint density at radius 2 is 1.25 bits per heavy atom. The lowest BCUT2D eigenvalue weighted by Gasteiger charge is -2.08. The van der Waals surface area contributed by atoms with Crippen LogP contribution in [-0.2, 0) is 13.6 Å². The topological polar surface area (TPSA) is 55.8 Å². The van der Waals surface area contributed by atoms with Crippen molar-refractivity contribution in [2.24, 2.45) is 0 Å². The lowest BCUT2D eigenvalue weighted by molar-refractivity contribution is 0.170. The molecule has 0 aliphatic carbocycles. The van der Waals surface area contributed by atoms with E-state index in [4.69, 9.17) is 9.42 Å². The van der Waals surface area contributed by atoms with Gasteiger partial charge >= 0.3 is 7.82 Å². The fraction of sp³-hybridized carbons (Fsp3) is 0.895. The van der Waals surface area contributed by atoms with Gasteiger partial charge in [-0.2, -0.15) is 0 Å². The van der Waals surface area contributed by atoms with Gasteiger partial charge in [-0.25, -0.2) is 4.57 Å². The van der Waals surface area contributed by atoms with Gasteiger partial charge in [0.15, 0.2) is 0 Å². The minimum absolute atomic E-state index is 0.294. The molecule has 5 heteroatoms. The van der Waals surface area contributed by atoms with Crippen molar-refractivity contribution in [3.63, 3.8) is 0 Å². The number of hydrogen-bond acceptors (Lipinski definition) is 3. The van der Waals surface area contributed by atoms with Gasteiger partial charge in [0, 0.05) is 7.11 Å². The molecule has 1 atom stereocenters. The summed E-state index contributed by atoms with van der Waals surface area (Å²) in [6.07, 6.45) is 22.1. The molecule has 0 amide bonds. The predicted molar refractivity (Wildman–Crippen MR) is 102 cm³/mol. The molecule has 0 bridgehead atoms. The van der Waals surface area contributed by atoms with Crippen LogP contribution >= 0.6 is 7.82 Å². The third kappa shape index (κ3) is 18.2. The molecule has 0 aliphatic rings. The SMILES string of the molecule is CCCCCCCCC=CCCCCCCCCOP(=O)(O)OC. The van der Waals surface area contributed by atoms with E-state index in [9.17, 15) is 4.57 Å². The van der Waals surface area contributed by atoms with E-state index in [1.807, 2.05) is 0 Å². The summed E-state index contributed by atoms with van der Waals surface area (Å²) in [5, 5.41) is 0. The van der Waals surface area contributed by atoms with Crippen LogP contribution in [0.5, 0.6) is 0 Å². The molecule has 0 spiro atoms. The molecule has 144 valence electrons. The number of hydrogen-bond donors (Lipinski definition) is 1. The zero-order chi connectivity index (χ0) is 17.9. The van der Waals surface area contributed by atoms with Gasteiger partial charge < -0.3 is 4.89 Å². The first kappa shape index (κ1) is 23.9. The molecule has 0 fully saturated rings. The van der Waals surface area contributed by atoms with Crippen LogP contribution in [0.15, 0.2) is 12.2 Å². The average Bonchev–Trinajstić information content (AvgIpc) is 2.57. The summed E-state index contributed by atoms with van der Waals surface area (Å²) >= 11 is 0. The number of unbranched alkanes of at least 4 members (excludes halogenated alkanes) is 12. The first-order valence-electron chi connectivity index (χ1n) is 9.80. The van der Waals surface area contributed by atoms with E-state index in [0.717, 1.165) is 19.3 Å². The molecule has 0 aromatic rings. The van der Waals surface area contributed by atoms with E-state index in [1.54, 1.807) is 0 Å². The highest BCUT2D eigenvalue weighted by Gasteiger charge is 2.17. The number of phosphoric acid groups is 1. The molecule has 4 nitrogen and oxygen atoms in total. The van der Waals surface area contributed by atoms with Crippen molar-refractivity contribution in [2.45, 2.75) is 96.8 Å². The standard InChI is InChI=1S/C19H39O4P/c1-3-4-5-6-7-8-9-10-11-12-13-14-15-16-17-18-19-23-24(20,21)22-2/h10-11H,3-9,12-19H2,1-2H3,(H,20,21). The Morgan fingerprint density at radius 1 is 0.792 bits per heavy atom. The van der Waals surface area contributed by atoms with Crippen LogP contribution < -0.4 is 0 Å². The van der Waals surface area contributed by atoms with Crippen molar-refractivity contribution < 1.29 is 18.5 Å². The molecule has 0 saturated heterocycles. The van der Waals surface area contributed by atoms with Crippen LogP contribution in [0.1, 0.15) is 96.8 Å². The highest BCUT2D eigenvalue weighted by atomic mass is 31.2. The van der Waals surface area contributed by atoms with Gasteiger partial charge in [-0.1, -0.05) is 76.9 Å². The van der Waals surface area contributed by atoms with Crippen LogP contribution in [0.4, 0.5) is 0 Å². The summed E-state index contributed by atoms with van der Waals surface area (Å²) in [4.78, 5) is 9.05. The Bertz CT molecular complexity index is 331. The van der Waals surface area contributed by atoms with E-state index in [2.05, 4.69) is 23.6 Å². The van der Waals surface area contributed by atoms with Crippen LogP contribution in [0.3, 0.4) is 0 Å². The summed E-state index contributed by atoms with van der Waals surface area (Å²) in [6, 6.07) is 0. The van der Waals surface area contributed by atoms with Gasteiger partial charge in [0.1, 0.15) is 0 Å². The fourth-order valence-electron chi connectivity index (χ4n) is 2.58. The number of rotatable bonds is 18.